The summed E-state index contributed by atoms with van der Waals surface area (Å²) in [7, 11) is 0. The minimum atomic E-state index is -0.990. The van der Waals surface area contributed by atoms with E-state index >= 15 is 0 Å². The molecule has 5 rings (SSSR count). The number of rotatable bonds is 11. The molecule has 3 N–H and O–H groups in total. The number of esters is 1. The van der Waals surface area contributed by atoms with Crippen LogP contribution in [0.4, 0.5) is 10.1 Å². The normalized spacial score (nSPS) is 14.6. The topological polar surface area (TPSA) is 138 Å². The summed E-state index contributed by atoms with van der Waals surface area (Å²) in [6.07, 6.45) is 6.76. The van der Waals surface area contributed by atoms with E-state index in [-0.39, 0.29) is 24.0 Å². The second-order valence-corrected chi connectivity index (χ2v) is 11.1. The molecule has 0 aliphatic heterocycles. The molecule has 1 saturated carbocycles. The Balaban J connectivity index is 1.26. The van der Waals surface area contributed by atoms with Gasteiger partial charge in [0.25, 0.3) is 0 Å². The summed E-state index contributed by atoms with van der Waals surface area (Å²) in [6.45, 7) is 4.24. The fourth-order valence-electron chi connectivity index (χ4n) is 3.93. The van der Waals surface area contributed by atoms with Crippen LogP contribution in [-0.2, 0) is 25.7 Å². The number of carbonyl (C=O) groups is 3. The monoisotopic (exact) mass is 565 g/mol. The van der Waals surface area contributed by atoms with E-state index in [4.69, 9.17) is 15.2 Å². The first-order valence-electron chi connectivity index (χ1n) is 12.8. The second kappa shape index (κ2) is 11.1. The Morgan fingerprint density at radius 1 is 1.25 bits per heavy atom. The quantitative estimate of drug-likeness (QED) is 0.154. The minimum absolute atomic E-state index is 0.00752. The number of fused-ring (bicyclic) bond motifs is 1. The van der Waals surface area contributed by atoms with Crippen molar-refractivity contribution in [3.8, 4) is 21.9 Å². The predicted molar refractivity (Wildman–Crippen MR) is 147 cm³/mol. The molecule has 1 unspecified atom stereocenters. The van der Waals surface area contributed by atoms with E-state index in [9.17, 15) is 18.8 Å². The number of halogens is 1. The number of hydrogen-bond donors (Lipinski definition) is 2. The third-order valence-corrected chi connectivity index (χ3v) is 7.91. The molecule has 1 amide bonds. The fraction of sp³-hybridized carbons (Fsp3) is 0.321. The van der Waals surface area contributed by atoms with Crippen LogP contribution in [-0.4, -0.2) is 45.6 Å². The smallest absolute Gasteiger partial charge is 0.323 e. The van der Waals surface area contributed by atoms with Crippen molar-refractivity contribution in [1.29, 1.82) is 0 Å². The molecule has 3 aromatic heterocycles. The van der Waals surface area contributed by atoms with E-state index in [0.717, 1.165) is 21.2 Å². The lowest BCUT2D eigenvalue weighted by atomic mass is 10.1. The summed E-state index contributed by atoms with van der Waals surface area (Å²) in [5.41, 5.74) is 6.59. The van der Waals surface area contributed by atoms with Gasteiger partial charge in [-0.1, -0.05) is 13.8 Å². The van der Waals surface area contributed by atoms with Crippen LogP contribution in [0.5, 0.6) is 11.5 Å². The molecule has 208 valence electrons. The summed E-state index contributed by atoms with van der Waals surface area (Å²) < 4.78 is 28.4. The fourth-order valence-corrected chi connectivity index (χ4v) is 4.97. The van der Waals surface area contributed by atoms with Crippen molar-refractivity contribution < 1.29 is 28.2 Å². The number of thiophene rings is 1. The lowest BCUT2D eigenvalue weighted by Gasteiger charge is -2.14. The van der Waals surface area contributed by atoms with Gasteiger partial charge in [0.1, 0.15) is 30.1 Å². The first kappa shape index (κ1) is 27.4. The molecule has 1 aliphatic rings. The van der Waals surface area contributed by atoms with Crippen LogP contribution in [0.25, 0.3) is 20.7 Å². The molecule has 1 fully saturated rings. The number of aromatic nitrogens is 3. The Morgan fingerprint density at radius 3 is 2.75 bits per heavy atom. The Morgan fingerprint density at radius 2 is 2.05 bits per heavy atom. The van der Waals surface area contributed by atoms with Crippen molar-refractivity contribution in [1.82, 2.24) is 14.8 Å². The van der Waals surface area contributed by atoms with Gasteiger partial charge >= 0.3 is 5.97 Å². The molecule has 0 spiro atoms. The molecule has 10 nitrogen and oxygen atoms in total. The summed E-state index contributed by atoms with van der Waals surface area (Å²) >= 11 is 1.42. The highest BCUT2D eigenvalue weighted by Crippen LogP contribution is 2.44. The molecule has 0 saturated heterocycles. The summed E-state index contributed by atoms with van der Waals surface area (Å²) in [5.74, 6) is -1.13. The van der Waals surface area contributed by atoms with E-state index in [1.165, 1.54) is 23.5 Å². The Labute approximate surface area is 233 Å². The number of nitrogens with two attached hydrogens (primary N) is 1. The number of nitrogens with one attached hydrogen (secondary N) is 1. The predicted octanol–water partition coefficient (Wildman–Crippen LogP) is 4.54. The van der Waals surface area contributed by atoms with Crippen molar-refractivity contribution in [2.45, 2.75) is 39.3 Å². The van der Waals surface area contributed by atoms with E-state index < -0.39 is 29.2 Å². The highest BCUT2D eigenvalue weighted by molar-refractivity contribution is 7.22. The molecule has 4 aromatic rings. The van der Waals surface area contributed by atoms with Crippen LogP contribution in [0.3, 0.4) is 0 Å². The maximum atomic E-state index is 14.9. The summed E-state index contributed by atoms with van der Waals surface area (Å²) in [5, 5.41) is 6.94. The minimum Gasteiger partial charge on any atom is -0.463 e. The Hall–Kier alpha value is -4.16. The lowest BCUT2D eigenvalue weighted by molar-refractivity contribution is -0.146. The molecule has 0 radical (unpaired) electrons. The second-order valence-electron chi connectivity index (χ2n) is 10.0. The average Bonchev–Trinajstić information content (AvgIpc) is 3.38. The van der Waals surface area contributed by atoms with Crippen LogP contribution < -0.4 is 15.8 Å². The van der Waals surface area contributed by atoms with Crippen molar-refractivity contribution in [3.63, 3.8) is 0 Å². The van der Waals surface area contributed by atoms with Crippen molar-refractivity contribution >= 4 is 45.4 Å². The number of nitrogens with zero attached hydrogens (tertiary/aromatic N) is 3. The van der Waals surface area contributed by atoms with Gasteiger partial charge in [-0.15, -0.1) is 11.3 Å². The van der Waals surface area contributed by atoms with Gasteiger partial charge in [0.15, 0.2) is 11.6 Å². The van der Waals surface area contributed by atoms with Gasteiger partial charge < -0.3 is 25.3 Å². The number of amides is 1. The number of ether oxygens (including phenoxy) is 2. The number of anilines is 1. The standard InChI is InChI=1S/C28H28FN5O5S/c1-16(2)24(30)26(36)38-10-9-34-14-17(13-32-34)23-12-20-25(40-23)22(5-8-31-20)39-21-4-3-18(11-19(21)29)33-27(37)28(15-35)6-7-28/h3-5,8,11-16,24H,6-7,9-10,30H2,1-2H3,(H,33,37). The van der Waals surface area contributed by atoms with Crippen LogP contribution in [0.1, 0.15) is 26.7 Å². The zero-order valence-electron chi connectivity index (χ0n) is 21.9. The number of benzene rings is 1. The van der Waals surface area contributed by atoms with Gasteiger partial charge in [-0.3, -0.25) is 19.3 Å². The SMILES string of the molecule is CC(C)C(N)C(=O)OCCn1cc(-c2cc3nccc(Oc4ccc(NC(=O)C5(C=O)CC5)cc4F)c3s2)cn1. The summed E-state index contributed by atoms with van der Waals surface area (Å²) in [4.78, 5) is 40.7. The van der Waals surface area contributed by atoms with Gasteiger partial charge in [-0.25, -0.2) is 4.39 Å². The van der Waals surface area contributed by atoms with E-state index in [2.05, 4.69) is 15.4 Å². The first-order chi connectivity index (χ1) is 19.2. The molecule has 40 heavy (non-hydrogen) atoms. The van der Waals surface area contributed by atoms with Gasteiger partial charge in [-0.2, -0.15) is 5.10 Å². The molecular weight excluding hydrogens is 537 g/mol. The summed E-state index contributed by atoms with van der Waals surface area (Å²) in [6, 6.07) is 7.00. The molecule has 12 heteroatoms. The average molecular weight is 566 g/mol. The van der Waals surface area contributed by atoms with Gasteiger partial charge in [-0.05, 0) is 37.0 Å². The van der Waals surface area contributed by atoms with Crippen molar-refractivity contribution in [3.05, 3.63) is 54.7 Å². The zero-order chi connectivity index (χ0) is 28.4. The number of carbonyl (C=O) groups excluding carboxylic acids is 3. The maximum absolute atomic E-state index is 14.9. The van der Waals surface area contributed by atoms with E-state index in [0.29, 0.717) is 36.9 Å². The molecule has 1 atom stereocenters. The largest absolute Gasteiger partial charge is 0.463 e. The maximum Gasteiger partial charge on any atom is 0.323 e. The molecule has 1 aliphatic carbocycles. The third-order valence-electron chi connectivity index (χ3n) is 6.72. The van der Waals surface area contributed by atoms with Gasteiger partial charge in [0.2, 0.25) is 5.91 Å². The molecule has 1 aromatic carbocycles. The highest BCUT2D eigenvalue weighted by Gasteiger charge is 2.50. The third kappa shape index (κ3) is 5.73. The van der Waals surface area contributed by atoms with Crippen LogP contribution in [0.2, 0.25) is 0 Å². The van der Waals surface area contributed by atoms with Gasteiger partial charge in [0.05, 0.1) is 23.0 Å². The number of aldehydes is 1. The molecule has 0 bridgehead atoms. The first-order valence-corrected chi connectivity index (χ1v) is 13.6. The lowest BCUT2D eigenvalue weighted by Crippen LogP contribution is -2.37. The Kier molecular flexibility index (Phi) is 7.63. The number of pyridine rings is 1. The van der Waals surface area contributed by atoms with Crippen LogP contribution in [0.15, 0.2) is 48.9 Å². The Bertz CT molecular complexity index is 1580. The molecular formula is C28H28FN5O5S. The van der Waals surface area contributed by atoms with E-state index in [1.54, 1.807) is 23.1 Å². The highest BCUT2D eigenvalue weighted by atomic mass is 32.1. The number of hydrogen-bond acceptors (Lipinski definition) is 9. The van der Waals surface area contributed by atoms with Crippen LogP contribution >= 0.6 is 11.3 Å². The zero-order valence-corrected chi connectivity index (χ0v) is 22.7. The van der Waals surface area contributed by atoms with Gasteiger partial charge in [0, 0.05) is 40.7 Å². The van der Waals surface area contributed by atoms with Crippen molar-refractivity contribution in [2.24, 2.45) is 17.1 Å². The van der Waals surface area contributed by atoms with E-state index in [1.807, 2.05) is 26.1 Å². The van der Waals surface area contributed by atoms with Crippen LogP contribution in [0, 0.1) is 17.2 Å². The molecule has 3 heterocycles. The van der Waals surface area contributed by atoms with Crippen molar-refractivity contribution in [2.75, 3.05) is 11.9 Å².